The number of hydrogen-bond donors (Lipinski definition) is 3. The molecule has 0 unspecified atom stereocenters. The molecule has 0 radical (unpaired) electrons. The van der Waals surface area contributed by atoms with Gasteiger partial charge in [0.2, 0.25) is 0 Å². The van der Waals surface area contributed by atoms with Gasteiger partial charge < -0.3 is 10.3 Å². The standard InChI is InChI=1S/C15H13N5S/c21-15(19-14-7-3-4-8-16-14)20-18-10-11-9-17-13-6-2-1-5-12(11)13/h1-10,17H,(H2,16,19,20,21)/b18-10+. The molecule has 0 aliphatic heterocycles. The lowest BCUT2D eigenvalue weighted by Crippen LogP contribution is -2.24. The monoisotopic (exact) mass is 295 g/mol. The normalized spacial score (nSPS) is 10.9. The second-order valence-corrected chi connectivity index (χ2v) is 4.74. The summed E-state index contributed by atoms with van der Waals surface area (Å²) in [4.78, 5) is 7.31. The SMILES string of the molecule is S=C(N/N=C/c1c[nH]c2ccccc12)Nc1ccccn1. The molecule has 104 valence electrons. The van der Waals surface area contributed by atoms with Crippen LogP contribution >= 0.6 is 12.2 Å². The highest BCUT2D eigenvalue weighted by atomic mass is 32.1. The summed E-state index contributed by atoms with van der Waals surface area (Å²) in [6, 6.07) is 13.6. The number of aromatic nitrogens is 2. The van der Waals surface area contributed by atoms with Crippen LogP contribution in [0, 0.1) is 0 Å². The average Bonchev–Trinajstić information content (AvgIpc) is 2.92. The molecule has 0 saturated carbocycles. The highest BCUT2D eigenvalue weighted by Crippen LogP contribution is 2.15. The average molecular weight is 295 g/mol. The zero-order chi connectivity index (χ0) is 14.5. The number of pyridine rings is 1. The Morgan fingerprint density at radius 3 is 2.90 bits per heavy atom. The molecule has 3 aromatic rings. The van der Waals surface area contributed by atoms with Crippen LogP contribution in [0.5, 0.6) is 0 Å². The second kappa shape index (κ2) is 6.15. The number of para-hydroxylation sites is 1. The van der Waals surface area contributed by atoms with E-state index in [0.717, 1.165) is 16.5 Å². The predicted octanol–water partition coefficient (Wildman–Crippen LogP) is 2.88. The third-order valence-electron chi connectivity index (χ3n) is 2.90. The van der Waals surface area contributed by atoms with Crippen molar-refractivity contribution in [1.29, 1.82) is 0 Å². The van der Waals surface area contributed by atoms with E-state index in [1.165, 1.54) is 0 Å². The number of nitrogens with zero attached hydrogens (tertiary/aromatic N) is 2. The molecule has 0 amide bonds. The van der Waals surface area contributed by atoms with Gasteiger partial charge >= 0.3 is 0 Å². The van der Waals surface area contributed by atoms with Crippen LogP contribution in [0.1, 0.15) is 5.56 Å². The van der Waals surface area contributed by atoms with Crippen molar-refractivity contribution in [1.82, 2.24) is 15.4 Å². The van der Waals surface area contributed by atoms with Crippen molar-refractivity contribution in [2.75, 3.05) is 5.32 Å². The molecule has 0 fully saturated rings. The first kappa shape index (κ1) is 13.3. The minimum atomic E-state index is 0.393. The van der Waals surface area contributed by atoms with Gasteiger partial charge in [0.15, 0.2) is 5.11 Å². The topological polar surface area (TPSA) is 65.1 Å². The maximum Gasteiger partial charge on any atom is 0.192 e. The highest BCUT2D eigenvalue weighted by molar-refractivity contribution is 7.80. The zero-order valence-corrected chi connectivity index (χ0v) is 11.9. The maximum absolute atomic E-state index is 5.14. The summed E-state index contributed by atoms with van der Waals surface area (Å²) in [5, 5.41) is 8.59. The third-order valence-corrected chi connectivity index (χ3v) is 3.09. The number of benzene rings is 1. The Morgan fingerprint density at radius 2 is 2.05 bits per heavy atom. The third kappa shape index (κ3) is 3.24. The van der Waals surface area contributed by atoms with E-state index in [1.807, 2.05) is 48.7 Å². The molecule has 0 saturated heterocycles. The Balaban J connectivity index is 1.63. The Morgan fingerprint density at radius 1 is 1.19 bits per heavy atom. The van der Waals surface area contributed by atoms with Crippen molar-refractivity contribution in [3.63, 3.8) is 0 Å². The first-order chi connectivity index (χ1) is 10.3. The number of aromatic amines is 1. The Hall–Kier alpha value is -2.73. The summed E-state index contributed by atoms with van der Waals surface area (Å²) in [5.74, 6) is 0.678. The van der Waals surface area contributed by atoms with Gasteiger partial charge in [-0.2, -0.15) is 5.10 Å². The minimum absolute atomic E-state index is 0.393. The molecule has 0 bridgehead atoms. The zero-order valence-electron chi connectivity index (χ0n) is 11.1. The summed E-state index contributed by atoms with van der Waals surface area (Å²) < 4.78 is 0. The molecule has 3 N–H and O–H groups in total. The fraction of sp³-hybridized carbons (Fsp3) is 0. The Bertz CT molecular complexity index is 779. The molecule has 0 aliphatic rings. The van der Waals surface area contributed by atoms with Crippen molar-refractivity contribution in [3.8, 4) is 0 Å². The number of nitrogens with one attached hydrogen (secondary N) is 3. The fourth-order valence-corrected chi connectivity index (χ4v) is 2.10. The highest BCUT2D eigenvalue weighted by Gasteiger charge is 2.00. The summed E-state index contributed by atoms with van der Waals surface area (Å²) in [6.45, 7) is 0. The molecule has 2 aromatic heterocycles. The van der Waals surface area contributed by atoms with Crippen molar-refractivity contribution >= 4 is 40.3 Å². The van der Waals surface area contributed by atoms with Gasteiger partial charge in [-0.1, -0.05) is 24.3 Å². The number of anilines is 1. The van der Waals surface area contributed by atoms with Crippen LogP contribution in [0.3, 0.4) is 0 Å². The summed E-state index contributed by atoms with van der Waals surface area (Å²) in [5.41, 5.74) is 4.85. The van der Waals surface area contributed by atoms with Gasteiger partial charge in [-0.05, 0) is 30.4 Å². The van der Waals surface area contributed by atoms with Gasteiger partial charge in [0.05, 0.1) is 6.21 Å². The number of hydrogen-bond acceptors (Lipinski definition) is 3. The van der Waals surface area contributed by atoms with Gasteiger partial charge in [-0.3, -0.25) is 5.43 Å². The lowest BCUT2D eigenvalue weighted by atomic mass is 10.2. The molecule has 0 aliphatic carbocycles. The predicted molar refractivity (Wildman–Crippen MR) is 89.5 cm³/mol. The molecular weight excluding hydrogens is 282 g/mol. The molecule has 0 spiro atoms. The largest absolute Gasteiger partial charge is 0.361 e. The number of H-pyrrole nitrogens is 1. The number of thiocarbonyl (C=S) groups is 1. The fourth-order valence-electron chi connectivity index (χ4n) is 1.94. The van der Waals surface area contributed by atoms with Crippen LogP contribution in [0.2, 0.25) is 0 Å². The van der Waals surface area contributed by atoms with Gasteiger partial charge in [0.25, 0.3) is 0 Å². The Labute approximate surface area is 127 Å². The first-order valence-electron chi connectivity index (χ1n) is 6.40. The van der Waals surface area contributed by atoms with Gasteiger partial charge in [0, 0.05) is 28.9 Å². The summed E-state index contributed by atoms with van der Waals surface area (Å²) in [7, 11) is 0. The van der Waals surface area contributed by atoms with Crippen molar-refractivity contribution < 1.29 is 0 Å². The van der Waals surface area contributed by atoms with Crippen LogP contribution < -0.4 is 10.7 Å². The Kier molecular flexibility index (Phi) is 3.88. The van der Waals surface area contributed by atoms with E-state index in [2.05, 4.69) is 25.8 Å². The quantitative estimate of drug-likeness (QED) is 0.395. The number of rotatable bonds is 3. The van der Waals surface area contributed by atoms with Crippen molar-refractivity contribution in [2.45, 2.75) is 0 Å². The molecule has 2 heterocycles. The minimum Gasteiger partial charge on any atom is -0.361 e. The van der Waals surface area contributed by atoms with E-state index >= 15 is 0 Å². The van der Waals surface area contributed by atoms with E-state index in [9.17, 15) is 0 Å². The maximum atomic E-state index is 5.14. The first-order valence-corrected chi connectivity index (χ1v) is 6.81. The summed E-state index contributed by atoms with van der Waals surface area (Å²) in [6.07, 6.45) is 5.33. The molecule has 5 nitrogen and oxygen atoms in total. The number of hydrazone groups is 1. The smallest absolute Gasteiger partial charge is 0.192 e. The van der Waals surface area contributed by atoms with Gasteiger partial charge in [-0.25, -0.2) is 4.98 Å². The van der Waals surface area contributed by atoms with Crippen LogP contribution in [0.4, 0.5) is 5.82 Å². The van der Waals surface area contributed by atoms with Crippen molar-refractivity contribution in [2.24, 2.45) is 5.10 Å². The lowest BCUT2D eigenvalue weighted by Gasteiger charge is -2.04. The molecular formula is C15H13N5S. The molecule has 3 rings (SSSR count). The van der Waals surface area contributed by atoms with Gasteiger partial charge in [-0.15, -0.1) is 0 Å². The van der Waals surface area contributed by atoms with E-state index in [0.29, 0.717) is 10.9 Å². The number of fused-ring (bicyclic) bond motifs is 1. The molecule has 6 heteroatoms. The van der Waals surface area contributed by atoms with Crippen LogP contribution in [-0.4, -0.2) is 21.3 Å². The van der Waals surface area contributed by atoms with Crippen molar-refractivity contribution in [3.05, 3.63) is 60.4 Å². The molecule has 21 heavy (non-hydrogen) atoms. The van der Waals surface area contributed by atoms with E-state index in [4.69, 9.17) is 12.2 Å². The van der Waals surface area contributed by atoms with Gasteiger partial charge in [0.1, 0.15) is 5.82 Å². The molecule has 1 aromatic carbocycles. The van der Waals surface area contributed by atoms with E-state index in [-0.39, 0.29) is 0 Å². The van der Waals surface area contributed by atoms with Crippen LogP contribution in [-0.2, 0) is 0 Å². The second-order valence-electron chi connectivity index (χ2n) is 4.33. The van der Waals surface area contributed by atoms with Crippen LogP contribution in [0.25, 0.3) is 10.9 Å². The van der Waals surface area contributed by atoms with E-state index in [1.54, 1.807) is 12.4 Å². The van der Waals surface area contributed by atoms with E-state index < -0.39 is 0 Å². The van der Waals surface area contributed by atoms with Crippen LogP contribution in [0.15, 0.2) is 60.0 Å². The lowest BCUT2D eigenvalue weighted by molar-refractivity contribution is 1.05. The summed E-state index contributed by atoms with van der Waals surface area (Å²) >= 11 is 5.14. The molecule has 0 atom stereocenters.